The number of hydrogen-bond donors (Lipinski definition) is 1. The minimum atomic E-state index is 0.200. The van der Waals surface area contributed by atoms with Gasteiger partial charge in [0.15, 0.2) is 0 Å². The number of carbonyl (C=O) groups excluding carboxylic acids is 1. The molecular formula is C13H24N2O2. The normalized spacial score (nSPS) is 30.8. The number of hydrogen-bond acceptors (Lipinski definition) is 3. The van der Waals surface area contributed by atoms with E-state index < -0.39 is 0 Å². The Balaban J connectivity index is 1.69. The molecule has 0 bridgehead atoms. The molecule has 0 aromatic carbocycles. The molecule has 2 fully saturated rings. The fourth-order valence-electron chi connectivity index (χ4n) is 2.76. The second-order valence-electron chi connectivity index (χ2n) is 5.42. The van der Waals surface area contributed by atoms with Gasteiger partial charge in [-0.25, -0.2) is 0 Å². The van der Waals surface area contributed by atoms with E-state index in [1.807, 2.05) is 11.8 Å². The molecule has 0 aromatic heterocycles. The minimum Gasteiger partial charge on any atom is -0.378 e. The molecule has 0 aliphatic carbocycles. The van der Waals surface area contributed by atoms with Gasteiger partial charge in [-0.05, 0) is 38.5 Å². The zero-order valence-electron chi connectivity index (χ0n) is 10.7. The van der Waals surface area contributed by atoms with E-state index >= 15 is 0 Å². The van der Waals surface area contributed by atoms with Gasteiger partial charge < -0.3 is 15.4 Å². The molecule has 0 saturated carbocycles. The van der Waals surface area contributed by atoms with Crippen molar-refractivity contribution in [1.29, 1.82) is 0 Å². The number of nitrogens with two attached hydrogens (primary N) is 1. The summed E-state index contributed by atoms with van der Waals surface area (Å²) < 4.78 is 5.53. The lowest BCUT2D eigenvalue weighted by Gasteiger charge is -2.19. The topological polar surface area (TPSA) is 55.6 Å². The Kier molecular flexibility index (Phi) is 4.40. The summed E-state index contributed by atoms with van der Waals surface area (Å²) >= 11 is 0. The van der Waals surface area contributed by atoms with Crippen LogP contribution < -0.4 is 5.73 Å². The zero-order valence-corrected chi connectivity index (χ0v) is 10.7. The maximum absolute atomic E-state index is 12.0. The van der Waals surface area contributed by atoms with E-state index in [1.165, 1.54) is 0 Å². The maximum Gasteiger partial charge on any atom is 0.222 e. The molecule has 2 heterocycles. The number of ether oxygens (including phenoxy) is 1. The molecule has 2 N–H and O–H groups in total. The fraction of sp³-hybridized carbons (Fsp3) is 0.923. The van der Waals surface area contributed by atoms with Gasteiger partial charge in [0.2, 0.25) is 5.91 Å². The van der Waals surface area contributed by atoms with E-state index in [0.717, 1.165) is 45.4 Å². The van der Waals surface area contributed by atoms with Crippen LogP contribution in [0.15, 0.2) is 0 Å². The summed E-state index contributed by atoms with van der Waals surface area (Å²) in [5, 5.41) is 0. The van der Waals surface area contributed by atoms with Crippen molar-refractivity contribution in [3.8, 4) is 0 Å². The van der Waals surface area contributed by atoms with Crippen molar-refractivity contribution < 1.29 is 9.53 Å². The van der Waals surface area contributed by atoms with Crippen molar-refractivity contribution in [2.75, 3.05) is 19.7 Å². The Morgan fingerprint density at radius 1 is 1.53 bits per heavy atom. The molecule has 17 heavy (non-hydrogen) atoms. The molecule has 3 unspecified atom stereocenters. The van der Waals surface area contributed by atoms with Gasteiger partial charge in [-0.3, -0.25) is 4.79 Å². The lowest BCUT2D eigenvalue weighted by molar-refractivity contribution is -0.130. The molecule has 98 valence electrons. The molecule has 2 aliphatic rings. The smallest absolute Gasteiger partial charge is 0.222 e. The Labute approximate surface area is 103 Å². The van der Waals surface area contributed by atoms with Gasteiger partial charge in [0.1, 0.15) is 0 Å². The predicted octanol–water partition coefficient (Wildman–Crippen LogP) is 1.14. The summed E-state index contributed by atoms with van der Waals surface area (Å²) in [4.78, 5) is 14.0. The van der Waals surface area contributed by atoms with Gasteiger partial charge in [-0.2, -0.15) is 0 Å². The Bertz CT molecular complexity index is 262. The first-order valence-corrected chi connectivity index (χ1v) is 6.82. The molecule has 2 rings (SSSR count). The lowest BCUT2D eigenvalue weighted by Crippen LogP contribution is -2.33. The number of amides is 1. The van der Waals surface area contributed by atoms with E-state index in [1.54, 1.807) is 0 Å². The largest absolute Gasteiger partial charge is 0.378 e. The molecule has 4 nitrogen and oxygen atoms in total. The van der Waals surface area contributed by atoms with Crippen LogP contribution in [0, 0.1) is 5.92 Å². The highest BCUT2D eigenvalue weighted by molar-refractivity contribution is 5.76. The molecule has 0 aromatic rings. The first-order chi connectivity index (χ1) is 8.16. The second kappa shape index (κ2) is 5.83. The maximum atomic E-state index is 12.0. The quantitative estimate of drug-likeness (QED) is 0.801. The Morgan fingerprint density at radius 2 is 2.35 bits per heavy atom. The summed E-state index contributed by atoms with van der Waals surface area (Å²) in [6, 6.07) is 0.200. The number of likely N-dealkylation sites (tertiary alicyclic amines) is 1. The van der Waals surface area contributed by atoms with Crippen molar-refractivity contribution in [2.24, 2.45) is 11.7 Å². The summed E-state index contributed by atoms with van der Waals surface area (Å²) in [6.07, 6.45) is 5.17. The van der Waals surface area contributed by atoms with E-state index in [0.29, 0.717) is 18.4 Å². The zero-order chi connectivity index (χ0) is 12.3. The minimum absolute atomic E-state index is 0.200. The van der Waals surface area contributed by atoms with Crippen LogP contribution in [0.4, 0.5) is 0 Å². The predicted molar refractivity (Wildman–Crippen MR) is 66.5 cm³/mol. The third kappa shape index (κ3) is 3.42. The van der Waals surface area contributed by atoms with E-state index in [2.05, 4.69) is 0 Å². The van der Waals surface area contributed by atoms with Crippen LogP contribution in [0.1, 0.15) is 39.0 Å². The van der Waals surface area contributed by atoms with Gasteiger partial charge >= 0.3 is 0 Å². The summed E-state index contributed by atoms with van der Waals surface area (Å²) in [7, 11) is 0. The molecule has 0 spiro atoms. The summed E-state index contributed by atoms with van der Waals surface area (Å²) in [5.74, 6) is 0.769. The molecule has 4 heteroatoms. The van der Waals surface area contributed by atoms with Crippen LogP contribution in [0.25, 0.3) is 0 Å². The Morgan fingerprint density at radius 3 is 2.94 bits per heavy atom. The van der Waals surface area contributed by atoms with E-state index in [9.17, 15) is 4.79 Å². The fourth-order valence-corrected chi connectivity index (χ4v) is 2.76. The highest BCUT2D eigenvalue weighted by Gasteiger charge is 2.28. The number of carbonyl (C=O) groups is 1. The standard InChI is InChI=1S/C13H24N2O2/c1-10(14)11-6-7-15(9-11)13(16)5-4-12-3-2-8-17-12/h10-12H,2-9,14H2,1H3. The SMILES string of the molecule is CC(N)C1CCN(C(=O)CCC2CCCO2)C1. The van der Waals surface area contributed by atoms with Gasteiger partial charge in [-0.15, -0.1) is 0 Å². The lowest BCUT2D eigenvalue weighted by atomic mass is 10.0. The van der Waals surface area contributed by atoms with Crippen LogP contribution >= 0.6 is 0 Å². The van der Waals surface area contributed by atoms with Gasteiger partial charge in [0.25, 0.3) is 0 Å². The van der Waals surface area contributed by atoms with Crippen LogP contribution in [-0.4, -0.2) is 42.6 Å². The third-order valence-corrected chi connectivity index (χ3v) is 4.03. The van der Waals surface area contributed by atoms with Gasteiger partial charge in [0, 0.05) is 32.2 Å². The molecular weight excluding hydrogens is 216 g/mol. The van der Waals surface area contributed by atoms with Gasteiger partial charge in [-0.1, -0.05) is 0 Å². The van der Waals surface area contributed by atoms with Crippen LogP contribution in [0.5, 0.6) is 0 Å². The average Bonchev–Trinajstić information content (AvgIpc) is 2.96. The number of rotatable bonds is 4. The Hall–Kier alpha value is -0.610. The van der Waals surface area contributed by atoms with Crippen LogP contribution in [-0.2, 0) is 9.53 Å². The van der Waals surface area contributed by atoms with Crippen molar-refractivity contribution >= 4 is 5.91 Å². The van der Waals surface area contributed by atoms with Gasteiger partial charge in [0.05, 0.1) is 6.10 Å². The average molecular weight is 240 g/mol. The first-order valence-electron chi connectivity index (χ1n) is 6.82. The molecule has 0 radical (unpaired) electrons. The number of nitrogens with zero attached hydrogens (tertiary/aromatic N) is 1. The summed E-state index contributed by atoms with van der Waals surface area (Å²) in [6.45, 7) is 4.64. The summed E-state index contributed by atoms with van der Waals surface area (Å²) in [5.41, 5.74) is 5.88. The van der Waals surface area contributed by atoms with Crippen LogP contribution in [0.3, 0.4) is 0 Å². The molecule has 1 amide bonds. The molecule has 2 saturated heterocycles. The molecule has 2 aliphatic heterocycles. The van der Waals surface area contributed by atoms with Crippen molar-refractivity contribution in [3.05, 3.63) is 0 Å². The monoisotopic (exact) mass is 240 g/mol. The molecule has 3 atom stereocenters. The second-order valence-corrected chi connectivity index (χ2v) is 5.42. The van der Waals surface area contributed by atoms with E-state index in [-0.39, 0.29) is 11.9 Å². The first kappa shape index (κ1) is 12.8. The third-order valence-electron chi connectivity index (χ3n) is 4.03. The van der Waals surface area contributed by atoms with Crippen LogP contribution in [0.2, 0.25) is 0 Å². The van der Waals surface area contributed by atoms with Crippen molar-refractivity contribution in [2.45, 2.75) is 51.2 Å². The van der Waals surface area contributed by atoms with Crippen molar-refractivity contribution in [1.82, 2.24) is 4.90 Å². The van der Waals surface area contributed by atoms with Crippen molar-refractivity contribution in [3.63, 3.8) is 0 Å². The highest BCUT2D eigenvalue weighted by Crippen LogP contribution is 2.21. The highest BCUT2D eigenvalue weighted by atomic mass is 16.5. The van der Waals surface area contributed by atoms with E-state index in [4.69, 9.17) is 10.5 Å².